The fraction of sp³-hybridized carbons (Fsp3) is 0.321. The van der Waals surface area contributed by atoms with Gasteiger partial charge in [-0.2, -0.15) is 0 Å². The molecule has 0 fully saturated rings. The number of hydrogen-bond acceptors (Lipinski definition) is 25. The number of rotatable bonds is 44. The van der Waals surface area contributed by atoms with E-state index in [2.05, 4.69) is 64.5 Å². The highest BCUT2D eigenvalue weighted by Crippen LogP contribution is 2.46. The Kier molecular flexibility index (Phi) is 34.2. The maximum Gasteiger partial charge on any atom is 0.524 e. The Morgan fingerprint density at radius 2 is 0.709 bits per heavy atom. The van der Waals surface area contributed by atoms with Crippen LogP contribution in [0, 0.1) is 0 Å². The summed E-state index contributed by atoms with van der Waals surface area (Å²) in [5, 5.41) is 31.1. The van der Waals surface area contributed by atoms with Crippen molar-refractivity contribution >= 4 is 132 Å². The van der Waals surface area contributed by atoms with Crippen LogP contribution in [0.2, 0.25) is 0 Å². The second-order valence-corrected chi connectivity index (χ2v) is 33.7. The number of imidazole rings is 3. The quantitative estimate of drug-likeness (QED) is 0.00958. The minimum Gasteiger partial charge on any atom is -0.508 e. The van der Waals surface area contributed by atoms with Gasteiger partial charge in [-0.3, -0.25) is 53.5 Å². The fourth-order valence-electron chi connectivity index (χ4n) is 13.8. The number of nitrogen functional groups attached to an aromatic ring is 3. The number of nitrogens with zero attached hydrogens (tertiary/aromatic N) is 9. The summed E-state index contributed by atoms with van der Waals surface area (Å²) in [4.78, 5) is 137. The van der Waals surface area contributed by atoms with Gasteiger partial charge in [-0.1, -0.05) is 78.0 Å². The van der Waals surface area contributed by atoms with Crippen molar-refractivity contribution in [1.29, 1.82) is 0 Å². The van der Waals surface area contributed by atoms with Gasteiger partial charge in [0, 0.05) is 71.7 Å². The van der Waals surface area contributed by atoms with Crippen LogP contribution in [-0.2, 0) is 105 Å². The lowest BCUT2D eigenvalue weighted by atomic mass is 10.1. The number of phosphoric ester groups is 4. The summed E-state index contributed by atoms with van der Waals surface area (Å²) in [6.07, 6.45) is 12.5. The molecule has 0 unspecified atom stereocenters. The molecule has 6 aromatic carbocycles. The van der Waals surface area contributed by atoms with Gasteiger partial charge in [0.25, 0.3) is 0 Å². The van der Waals surface area contributed by atoms with Crippen LogP contribution in [0.1, 0.15) is 110 Å². The van der Waals surface area contributed by atoms with Crippen LogP contribution in [0.25, 0.3) is 65.8 Å². The highest BCUT2D eigenvalue weighted by atomic mass is 31.2. The first-order valence-corrected chi connectivity index (χ1v) is 46.5. The zero-order valence-corrected chi connectivity index (χ0v) is 73.5. The topological polar surface area (TPSA) is 593 Å². The van der Waals surface area contributed by atoms with Crippen LogP contribution < -0.4 is 51.2 Å². The minimum atomic E-state index is -5.00. The van der Waals surface area contributed by atoms with E-state index in [9.17, 15) is 82.0 Å². The van der Waals surface area contributed by atoms with E-state index in [1.807, 2.05) is 75.2 Å². The Morgan fingerprint density at radius 3 is 1.04 bits per heavy atom. The average molecular weight is 1830 g/mol. The second-order valence-electron chi connectivity index (χ2n) is 29.0. The smallest absolute Gasteiger partial charge is 0.508 e. The molecule has 0 saturated heterocycles. The minimum absolute atomic E-state index is 0.0483. The molecule has 127 heavy (non-hydrogen) atoms. The number of phenols is 2. The highest BCUT2D eigenvalue weighted by Gasteiger charge is 2.28. The van der Waals surface area contributed by atoms with Crippen molar-refractivity contribution in [3.8, 4) is 34.5 Å². The number of hydrogen-bond donors (Lipinski definition) is 16. The van der Waals surface area contributed by atoms with E-state index in [1.165, 1.54) is 66.8 Å². The molecule has 3 amide bonds. The van der Waals surface area contributed by atoms with Crippen LogP contribution in [0.5, 0.6) is 34.5 Å². The van der Waals surface area contributed by atoms with Crippen molar-refractivity contribution in [2.75, 3.05) is 76.5 Å². The van der Waals surface area contributed by atoms with E-state index in [1.54, 1.807) is 0 Å². The molecule has 39 nitrogen and oxygen atoms in total. The third-order valence-electron chi connectivity index (χ3n) is 19.6. The number of nitrogens with one attached hydrogen (secondary N) is 3. The number of benzene rings is 6. The van der Waals surface area contributed by atoms with Crippen LogP contribution in [0.15, 0.2) is 147 Å². The molecule has 678 valence electrons. The van der Waals surface area contributed by atoms with Gasteiger partial charge in [-0.25, -0.2) is 48.2 Å². The number of aromatic nitrogens is 9. The van der Waals surface area contributed by atoms with E-state index < -0.39 is 31.3 Å². The lowest BCUT2D eigenvalue weighted by Crippen LogP contribution is -2.25. The summed E-state index contributed by atoms with van der Waals surface area (Å²) < 4.78 is 88.4. The Labute approximate surface area is 729 Å². The summed E-state index contributed by atoms with van der Waals surface area (Å²) in [6.45, 7) is 20.1. The Bertz CT molecular complexity index is 6200. The number of pyridine rings is 3. The van der Waals surface area contributed by atoms with Crippen molar-refractivity contribution < 1.29 is 114 Å². The molecule has 6 aromatic heterocycles. The number of unbranched alkanes of at least 4 members (excludes halogenated alkanes) is 3. The molecule has 12 rings (SSSR count). The second kappa shape index (κ2) is 44.6. The fourth-order valence-corrected chi connectivity index (χ4v) is 15.4. The largest absolute Gasteiger partial charge is 0.524 e. The Morgan fingerprint density at radius 1 is 0.394 bits per heavy atom. The molecule has 6 heterocycles. The van der Waals surface area contributed by atoms with Crippen LogP contribution in [-0.4, -0.2) is 170 Å². The average Bonchev–Trinajstić information content (AvgIpc) is 1.62. The number of carbonyl (C=O) groups is 3. The van der Waals surface area contributed by atoms with Crippen LogP contribution in [0.3, 0.4) is 0 Å². The molecule has 0 saturated carbocycles. The number of anilines is 3. The molecule has 0 aliphatic rings. The number of nitrogens with two attached hydrogens (primary N) is 3. The molecule has 19 N–H and O–H groups in total. The standard InChI is InChI=1S/C28H35N5O10P2.2C28H34N5O7P/c1-3-5-6-24-32-26-27(33(24)17-19-16-20(42-44(35,36)37)8-10-23(19)43-45(38,39)40)21-15-18(7-9-22(21)31-28(26)29)11-13-41-14-12-30-25(34)4-2;1-3-5-6-24-32-26-27(33(24)17-19-16-20(8-10-23(19)34)40-41(36,37)38)21-15-18(7-9-22(21)31-28(26)29)11-13-39-14-12-30-25(35)4-2;1-3-5-6-24-32-26-27(33(24)17-19-16-20(34)8-10-23(19)40-41(36,37)38)21-15-18(7-9-22(21)31-28(26)29)11-13-39-14-12-30-25(35)4-2/h4,7-10,15-16H,2-3,5-6,11-14,17H2,1H3,(H2,29,31)(H,30,34)(H2,35,36,37)(H2,38,39,40);2*4,7-10,15-16,34H,2-3,5-6,11-14,17H2,1H3,(H2,29,31)(H,30,35)(H2,36,37,38). The van der Waals surface area contributed by atoms with E-state index in [0.29, 0.717) is 159 Å². The van der Waals surface area contributed by atoms with E-state index in [0.717, 1.165) is 94.7 Å². The number of carbonyl (C=O) groups excluding carboxylic acids is 3. The predicted molar refractivity (Wildman–Crippen MR) is 478 cm³/mol. The third-order valence-corrected chi connectivity index (χ3v) is 21.4. The number of amides is 3. The molecule has 12 aromatic rings. The number of aryl methyl sites for hydroxylation is 3. The normalized spacial score (nSPS) is 11.8. The molecule has 0 radical (unpaired) electrons. The first-order valence-electron chi connectivity index (χ1n) is 40.4. The van der Waals surface area contributed by atoms with Gasteiger partial charge in [0.05, 0.1) is 92.4 Å². The van der Waals surface area contributed by atoms with Gasteiger partial charge in [-0.05, 0) is 164 Å². The number of fused-ring (bicyclic) bond motifs is 9. The highest BCUT2D eigenvalue weighted by molar-refractivity contribution is 7.47. The first-order chi connectivity index (χ1) is 60.5. The maximum atomic E-state index is 11.8. The molecular weight excluding hydrogens is 1730 g/mol. The zero-order chi connectivity index (χ0) is 91.9. The van der Waals surface area contributed by atoms with Gasteiger partial charge in [0.2, 0.25) is 17.7 Å². The van der Waals surface area contributed by atoms with Crippen molar-refractivity contribution in [2.45, 2.75) is 117 Å². The molecule has 0 aliphatic heterocycles. The van der Waals surface area contributed by atoms with Gasteiger partial charge in [-0.15, -0.1) is 0 Å². The number of phenolic OH excluding ortho intramolecular Hbond substituents is 2. The Hall–Kier alpha value is -11.7. The maximum absolute atomic E-state index is 11.8. The molecule has 0 aliphatic carbocycles. The summed E-state index contributed by atoms with van der Waals surface area (Å²) in [6, 6.07) is 29.0. The lowest BCUT2D eigenvalue weighted by molar-refractivity contribution is -0.117. The molecule has 0 atom stereocenters. The van der Waals surface area contributed by atoms with Crippen molar-refractivity contribution in [1.82, 2.24) is 59.6 Å². The van der Waals surface area contributed by atoms with E-state index in [4.69, 9.17) is 64.5 Å². The summed E-state index contributed by atoms with van der Waals surface area (Å²) in [5.74, 6) is 1.38. The lowest BCUT2D eigenvalue weighted by Gasteiger charge is -2.17. The summed E-state index contributed by atoms with van der Waals surface area (Å²) >= 11 is 0. The SMILES string of the molecule is C=CC(=O)NCCOCCc1ccc2nc(N)c3nc(CCCC)n(Cc4cc(O)ccc4OP(=O)(O)O)c3c2c1.C=CC(=O)NCCOCCc1ccc2nc(N)c3nc(CCCC)n(Cc4cc(OP(=O)(O)O)ccc4O)c3c2c1.C=CC(=O)NCCOCCc1ccc2nc(N)c3nc(CCCC)n(Cc4cc(OP(=O)(O)O)ccc4OP(=O)(O)O)c3c2c1. The van der Waals surface area contributed by atoms with E-state index in [-0.39, 0.29) is 94.9 Å². The summed E-state index contributed by atoms with van der Waals surface area (Å²) in [5.41, 5.74) is 28.4. The molecule has 43 heteroatoms. The van der Waals surface area contributed by atoms with Crippen molar-refractivity contribution in [2.24, 2.45) is 0 Å². The van der Waals surface area contributed by atoms with Crippen LogP contribution in [0.4, 0.5) is 17.5 Å². The molecule has 0 spiro atoms. The van der Waals surface area contributed by atoms with Gasteiger partial charge >= 0.3 is 31.3 Å². The molecule has 0 bridgehead atoms. The predicted octanol–water partition coefficient (Wildman–Crippen LogP) is 10.6. The molecular formula is C84H103N15O24P4. The van der Waals surface area contributed by atoms with Crippen LogP contribution >= 0.6 is 31.3 Å². The Balaban J connectivity index is 0.000000199. The van der Waals surface area contributed by atoms with Crippen molar-refractivity contribution in [3.63, 3.8) is 0 Å². The first kappa shape index (κ1) is 97.5. The number of phosphoric acid groups is 4. The number of ether oxygens (including phenoxy) is 3. The zero-order valence-electron chi connectivity index (χ0n) is 69.9. The van der Waals surface area contributed by atoms with Gasteiger partial charge in [0.15, 0.2) is 17.5 Å². The number of aromatic hydroxyl groups is 2. The third kappa shape index (κ3) is 27.9. The summed E-state index contributed by atoms with van der Waals surface area (Å²) in [7, 11) is -19.6. The monoisotopic (exact) mass is 1830 g/mol. The van der Waals surface area contributed by atoms with E-state index >= 15 is 0 Å². The van der Waals surface area contributed by atoms with Gasteiger partial charge in [0.1, 0.15) is 68.5 Å². The van der Waals surface area contributed by atoms with Gasteiger partial charge < -0.3 is 89.4 Å². The van der Waals surface area contributed by atoms with Crippen molar-refractivity contribution in [3.05, 3.63) is 198 Å².